The zero-order valence-electron chi connectivity index (χ0n) is 11.6. The molecule has 5 heteroatoms. The first-order valence-corrected chi connectivity index (χ1v) is 6.54. The number of H-pyrrole nitrogens is 1. The lowest BCUT2D eigenvalue weighted by atomic mass is 10.1. The molecule has 5 nitrogen and oxygen atoms in total. The molecule has 1 atom stereocenters. The zero-order valence-corrected chi connectivity index (χ0v) is 11.6. The highest BCUT2D eigenvalue weighted by atomic mass is 16.5. The smallest absolute Gasteiger partial charge is 0.328 e. The van der Waals surface area contributed by atoms with Crippen molar-refractivity contribution in [2.75, 3.05) is 7.11 Å². The largest absolute Gasteiger partial charge is 0.467 e. The van der Waals surface area contributed by atoms with Crippen molar-refractivity contribution in [1.29, 1.82) is 0 Å². The van der Waals surface area contributed by atoms with Crippen LogP contribution in [0.5, 0.6) is 0 Å². The summed E-state index contributed by atoms with van der Waals surface area (Å²) in [5.41, 5.74) is 2.16. The fraction of sp³-hybridized carbons (Fsp3) is 0.333. The number of ether oxygens (including phenoxy) is 1. The molecule has 1 heterocycles. The van der Waals surface area contributed by atoms with Crippen molar-refractivity contribution in [3.63, 3.8) is 0 Å². The number of aromatic nitrogens is 1. The standard InChI is InChI=1S/C15H18N2O3/c1-10(15(19)20-2)17-14(18)8-7-11-9-16-13-6-4-3-5-12(11)13/h3-6,9-10,16H,7-8H2,1-2H3,(H,17,18). The molecule has 0 aliphatic heterocycles. The van der Waals surface area contributed by atoms with Crippen LogP contribution in [0.1, 0.15) is 18.9 Å². The van der Waals surface area contributed by atoms with E-state index in [0.717, 1.165) is 16.5 Å². The molecule has 0 spiro atoms. The van der Waals surface area contributed by atoms with Gasteiger partial charge in [-0.25, -0.2) is 4.79 Å². The van der Waals surface area contributed by atoms with E-state index >= 15 is 0 Å². The van der Waals surface area contributed by atoms with E-state index < -0.39 is 12.0 Å². The predicted octanol–water partition coefficient (Wildman–Crippen LogP) is 1.78. The van der Waals surface area contributed by atoms with Crippen molar-refractivity contribution in [2.24, 2.45) is 0 Å². The molecule has 1 aromatic heterocycles. The van der Waals surface area contributed by atoms with Gasteiger partial charge in [-0.15, -0.1) is 0 Å². The quantitative estimate of drug-likeness (QED) is 0.816. The lowest BCUT2D eigenvalue weighted by Crippen LogP contribution is -2.39. The monoisotopic (exact) mass is 274 g/mol. The van der Waals surface area contributed by atoms with E-state index in [9.17, 15) is 9.59 Å². The third-order valence-electron chi connectivity index (χ3n) is 3.23. The average molecular weight is 274 g/mol. The lowest BCUT2D eigenvalue weighted by Gasteiger charge is -2.11. The molecule has 106 valence electrons. The van der Waals surface area contributed by atoms with Gasteiger partial charge in [0.1, 0.15) is 6.04 Å². The number of aryl methyl sites for hydroxylation is 1. The molecule has 20 heavy (non-hydrogen) atoms. The Morgan fingerprint density at radius 3 is 2.85 bits per heavy atom. The second kappa shape index (κ2) is 6.23. The van der Waals surface area contributed by atoms with Gasteiger partial charge in [-0.3, -0.25) is 4.79 Å². The molecule has 0 aliphatic carbocycles. The molecular formula is C15H18N2O3. The molecule has 1 unspecified atom stereocenters. The van der Waals surface area contributed by atoms with Gasteiger partial charge in [-0.2, -0.15) is 0 Å². The summed E-state index contributed by atoms with van der Waals surface area (Å²) in [6, 6.07) is 7.34. The van der Waals surface area contributed by atoms with Gasteiger partial charge in [-0.1, -0.05) is 18.2 Å². The molecule has 0 saturated carbocycles. The van der Waals surface area contributed by atoms with Crippen LogP contribution in [0.2, 0.25) is 0 Å². The summed E-state index contributed by atoms with van der Waals surface area (Å²) >= 11 is 0. The molecule has 0 aliphatic rings. The van der Waals surface area contributed by atoms with Crippen LogP contribution in [0.4, 0.5) is 0 Å². The van der Waals surface area contributed by atoms with Crippen LogP contribution in [0.3, 0.4) is 0 Å². The van der Waals surface area contributed by atoms with Crippen molar-refractivity contribution in [3.8, 4) is 0 Å². The van der Waals surface area contributed by atoms with Crippen LogP contribution in [-0.4, -0.2) is 30.0 Å². The van der Waals surface area contributed by atoms with Crippen molar-refractivity contribution in [3.05, 3.63) is 36.0 Å². The zero-order chi connectivity index (χ0) is 14.5. The van der Waals surface area contributed by atoms with Gasteiger partial charge in [0.2, 0.25) is 5.91 Å². The maximum absolute atomic E-state index is 11.8. The van der Waals surface area contributed by atoms with Gasteiger partial charge < -0.3 is 15.0 Å². The molecule has 0 bridgehead atoms. The number of rotatable bonds is 5. The van der Waals surface area contributed by atoms with Crippen LogP contribution in [0.15, 0.2) is 30.5 Å². The number of amides is 1. The molecule has 0 radical (unpaired) electrons. The van der Waals surface area contributed by atoms with E-state index in [1.165, 1.54) is 7.11 Å². The maximum Gasteiger partial charge on any atom is 0.328 e. The summed E-state index contributed by atoms with van der Waals surface area (Å²) in [6.45, 7) is 1.61. The summed E-state index contributed by atoms with van der Waals surface area (Å²) in [7, 11) is 1.30. The number of nitrogens with one attached hydrogen (secondary N) is 2. The number of methoxy groups -OCH3 is 1. The second-order valence-corrected chi connectivity index (χ2v) is 4.67. The highest BCUT2D eigenvalue weighted by Crippen LogP contribution is 2.18. The first-order valence-electron chi connectivity index (χ1n) is 6.54. The number of carbonyl (C=O) groups is 2. The SMILES string of the molecule is COC(=O)C(C)NC(=O)CCc1c[nH]c2ccccc12. The number of hydrogen-bond acceptors (Lipinski definition) is 3. The van der Waals surface area contributed by atoms with Crippen molar-refractivity contribution < 1.29 is 14.3 Å². The fourth-order valence-electron chi connectivity index (χ4n) is 2.14. The highest BCUT2D eigenvalue weighted by molar-refractivity contribution is 5.86. The first-order chi connectivity index (χ1) is 9.61. The summed E-state index contributed by atoms with van der Waals surface area (Å²) in [6.07, 6.45) is 2.88. The summed E-state index contributed by atoms with van der Waals surface area (Å²) in [5.74, 6) is -0.598. The minimum absolute atomic E-state index is 0.159. The number of benzene rings is 1. The molecule has 1 amide bonds. The fourth-order valence-corrected chi connectivity index (χ4v) is 2.14. The third kappa shape index (κ3) is 3.17. The van der Waals surface area contributed by atoms with Gasteiger partial charge in [-0.05, 0) is 25.0 Å². The number of esters is 1. The molecule has 0 fully saturated rings. The van der Waals surface area contributed by atoms with Gasteiger partial charge in [0.05, 0.1) is 7.11 Å². The summed E-state index contributed by atoms with van der Waals surface area (Å²) < 4.78 is 4.56. The van der Waals surface area contributed by atoms with Crippen molar-refractivity contribution in [1.82, 2.24) is 10.3 Å². The third-order valence-corrected chi connectivity index (χ3v) is 3.23. The lowest BCUT2D eigenvalue weighted by molar-refractivity contribution is -0.144. The Balaban J connectivity index is 1.92. The summed E-state index contributed by atoms with van der Waals surface area (Å²) in [4.78, 5) is 26.2. The topological polar surface area (TPSA) is 71.2 Å². The van der Waals surface area contributed by atoms with Crippen LogP contribution in [0.25, 0.3) is 10.9 Å². The Labute approximate surface area is 117 Å². The van der Waals surface area contributed by atoms with Gasteiger partial charge >= 0.3 is 5.97 Å². The number of para-hydroxylation sites is 1. The van der Waals surface area contributed by atoms with Crippen LogP contribution in [0, 0.1) is 0 Å². The van der Waals surface area contributed by atoms with Gasteiger partial charge in [0.25, 0.3) is 0 Å². The molecule has 2 N–H and O–H groups in total. The number of aromatic amines is 1. The Bertz CT molecular complexity index is 618. The number of hydrogen-bond donors (Lipinski definition) is 2. The highest BCUT2D eigenvalue weighted by Gasteiger charge is 2.15. The average Bonchev–Trinajstić information content (AvgIpc) is 2.87. The van der Waals surface area contributed by atoms with Crippen molar-refractivity contribution >= 4 is 22.8 Å². The summed E-state index contributed by atoms with van der Waals surface area (Å²) in [5, 5.41) is 3.74. The van der Waals surface area contributed by atoms with E-state index in [-0.39, 0.29) is 5.91 Å². The second-order valence-electron chi connectivity index (χ2n) is 4.67. The van der Waals surface area contributed by atoms with E-state index in [1.807, 2.05) is 30.5 Å². The Morgan fingerprint density at radius 2 is 2.10 bits per heavy atom. The molecular weight excluding hydrogens is 256 g/mol. The van der Waals surface area contributed by atoms with Crippen LogP contribution < -0.4 is 5.32 Å². The van der Waals surface area contributed by atoms with Crippen LogP contribution >= 0.6 is 0 Å². The molecule has 1 aromatic carbocycles. The van der Waals surface area contributed by atoms with Gasteiger partial charge in [0.15, 0.2) is 0 Å². The minimum Gasteiger partial charge on any atom is -0.467 e. The molecule has 0 saturated heterocycles. The number of fused-ring (bicyclic) bond motifs is 1. The van der Waals surface area contributed by atoms with E-state index in [4.69, 9.17) is 0 Å². The van der Waals surface area contributed by atoms with E-state index in [2.05, 4.69) is 15.0 Å². The van der Waals surface area contributed by atoms with E-state index in [0.29, 0.717) is 12.8 Å². The predicted molar refractivity (Wildman–Crippen MR) is 76.2 cm³/mol. The molecule has 2 aromatic rings. The normalized spacial score (nSPS) is 12.1. The maximum atomic E-state index is 11.8. The van der Waals surface area contributed by atoms with Crippen molar-refractivity contribution in [2.45, 2.75) is 25.8 Å². The Hall–Kier alpha value is -2.30. The Morgan fingerprint density at radius 1 is 1.35 bits per heavy atom. The Kier molecular flexibility index (Phi) is 4.40. The molecule has 2 rings (SSSR count). The van der Waals surface area contributed by atoms with E-state index in [1.54, 1.807) is 6.92 Å². The minimum atomic E-state index is -0.615. The first kappa shape index (κ1) is 14.1. The van der Waals surface area contributed by atoms with Crippen LogP contribution in [-0.2, 0) is 20.7 Å². The van der Waals surface area contributed by atoms with Gasteiger partial charge in [0, 0.05) is 23.5 Å². The number of carbonyl (C=O) groups excluding carboxylic acids is 2.